The lowest BCUT2D eigenvalue weighted by Crippen LogP contribution is -2.46. The molecule has 45 heavy (non-hydrogen) atoms. The van der Waals surface area contributed by atoms with E-state index in [0.29, 0.717) is 39.9 Å². The Morgan fingerprint density at radius 3 is 2.69 bits per heavy atom. The fraction of sp³-hybridized carbons (Fsp3) is 0.441. The summed E-state index contributed by atoms with van der Waals surface area (Å²) < 4.78 is 16.7. The SMILES string of the molecule is C[C@H](N)CCCc1cc(Cl)c(F)c(-c2cc3cn(-c4ccc([C@@H]5CCC[C@@H](CC(NC(=N)N)C6CC6)N5)cc4)c(=O)nc3[nH]2)c1. The number of nitrogens with one attached hydrogen (secondary N) is 4. The highest BCUT2D eigenvalue weighted by Crippen LogP contribution is 2.36. The molecule has 11 heteroatoms. The maximum absolute atomic E-state index is 15.2. The van der Waals surface area contributed by atoms with Crippen molar-refractivity contribution in [3.8, 4) is 16.9 Å². The molecule has 2 aliphatic rings. The highest BCUT2D eigenvalue weighted by molar-refractivity contribution is 6.31. The van der Waals surface area contributed by atoms with Gasteiger partial charge < -0.3 is 27.1 Å². The van der Waals surface area contributed by atoms with Gasteiger partial charge in [-0.15, -0.1) is 0 Å². The molecule has 0 bridgehead atoms. The number of H-pyrrole nitrogens is 1. The highest BCUT2D eigenvalue weighted by Gasteiger charge is 2.34. The second-order valence-corrected chi connectivity index (χ2v) is 13.3. The molecule has 0 amide bonds. The van der Waals surface area contributed by atoms with Crippen molar-refractivity contribution in [3.63, 3.8) is 0 Å². The summed E-state index contributed by atoms with van der Waals surface area (Å²) in [4.78, 5) is 20.5. The monoisotopic (exact) mass is 632 g/mol. The topological polar surface area (TPSA) is 151 Å². The maximum Gasteiger partial charge on any atom is 0.354 e. The summed E-state index contributed by atoms with van der Waals surface area (Å²) >= 11 is 6.27. The molecule has 1 aliphatic carbocycles. The van der Waals surface area contributed by atoms with E-state index in [1.54, 1.807) is 24.4 Å². The van der Waals surface area contributed by atoms with Gasteiger partial charge in [0.15, 0.2) is 11.8 Å². The zero-order valence-corrected chi connectivity index (χ0v) is 26.3. The van der Waals surface area contributed by atoms with Gasteiger partial charge in [-0.3, -0.25) is 9.98 Å². The number of rotatable bonds is 11. The van der Waals surface area contributed by atoms with Crippen molar-refractivity contribution in [2.24, 2.45) is 17.4 Å². The summed E-state index contributed by atoms with van der Waals surface area (Å²) in [6.45, 7) is 1.97. The number of nitrogens with zero attached hydrogens (tertiary/aromatic N) is 2. The number of halogens is 2. The van der Waals surface area contributed by atoms with Crippen LogP contribution in [0.4, 0.5) is 4.39 Å². The number of benzene rings is 2. The van der Waals surface area contributed by atoms with Crippen LogP contribution >= 0.6 is 11.6 Å². The van der Waals surface area contributed by atoms with E-state index in [9.17, 15) is 4.79 Å². The first kappa shape index (κ1) is 31.3. The van der Waals surface area contributed by atoms with Gasteiger partial charge in [0.05, 0.1) is 16.4 Å². The number of hydrogen-bond donors (Lipinski definition) is 6. The molecule has 1 saturated heterocycles. The molecule has 6 rings (SSSR count). The third-order valence-corrected chi connectivity index (χ3v) is 9.41. The summed E-state index contributed by atoms with van der Waals surface area (Å²) in [5, 5.41) is 15.4. The molecule has 1 unspecified atom stereocenters. The fourth-order valence-corrected chi connectivity index (χ4v) is 6.89. The van der Waals surface area contributed by atoms with E-state index in [0.717, 1.165) is 50.5 Å². The van der Waals surface area contributed by atoms with Crippen molar-refractivity contribution in [1.82, 2.24) is 25.2 Å². The molecule has 9 nitrogen and oxygen atoms in total. The molecule has 1 saturated carbocycles. The number of aryl methyl sites for hydroxylation is 1. The zero-order chi connectivity index (χ0) is 31.7. The lowest BCUT2D eigenvalue weighted by atomic mass is 9.89. The predicted octanol–water partition coefficient (Wildman–Crippen LogP) is 5.68. The van der Waals surface area contributed by atoms with Crippen LogP contribution in [0.1, 0.15) is 75.5 Å². The molecule has 238 valence electrons. The van der Waals surface area contributed by atoms with Gasteiger partial charge in [-0.1, -0.05) is 30.2 Å². The summed E-state index contributed by atoms with van der Waals surface area (Å²) in [7, 11) is 0. The number of fused-ring (bicyclic) bond motifs is 1. The standard InChI is InChI=1S/C34H42ClFN8O/c1-19(37)4-2-5-20-14-26(31(36)27(35)15-20)30-16-23-18-44(34(45)43-32(23)41-30)25-12-10-21(11-13-25)28-7-3-6-24(40-28)17-29(22-8-9-22)42-33(38)39/h10-16,18-19,22,24,28-29,40H,2-9,17,37H2,1H3,(H4,38,39,42)(H,41,43,45)/t19-,24-,28-,29?/m0/s1. The molecule has 1 aliphatic heterocycles. The van der Waals surface area contributed by atoms with E-state index in [1.807, 2.05) is 19.1 Å². The van der Waals surface area contributed by atoms with Crippen molar-refractivity contribution in [1.29, 1.82) is 5.41 Å². The summed E-state index contributed by atoms with van der Waals surface area (Å²) in [5.41, 5.74) is 15.2. The molecule has 8 N–H and O–H groups in total. The predicted molar refractivity (Wildman–Crippen MR) is 178 cm³/mol. The van der Waals surface area contributed by atoms with Gasteiger partial charge in [0.25, 0.3) is 0 Å². The Labute approximate surface area is 267 Å². The molecular weight excluding hydrogens is 591 g/mol. The van der Waals surface area contributed by atoms with Crippen LogP contribution in [0.25, 0.3) is 28.0 Å². The molecule has 2 fully saturated rings. The molecule has 4 aromatic rings. The maximum atomic E-state index is 15.2. The van der Waals surface area contributed by atoms with Gasteiger partial charge in [0.2, 0.25) is 0 Å². The van der Waals surface area contributed by atoms with Crippen LogP contribution in [0.2, 0.25) is 5.02 Å². The Hall–Kier alpha value is -3.73. The van der Waals surface area contributed by atoms with Crippen molar-refractivity contribution < 1.29 is 4.39 Å². The first-order valence-corrected chi connectivity index (χ1v) is 16.4. The first-order chi connectivity index (χ1) is 21.6. The van der Waals surface area contributed by atoms with Crippen LogP contribution in [0.3, 0.4) is 0 Å². The number of aromatic amines is 1. The lowest BCUT2D eigenvalue weighted by molar-refractivity contribution is 0.285. The minimum absolute atomic E-state index is 0.0446. The molecule has 4 atom stereocenters. The number of nitrogens with two attached hydrogens (primary N) is 2. The average molecular weight is 633 g/mol. The fourth-order valence-electron chi connectivity index (χ4n) is 6.65. The van der Waals surface area contributed by atoms with E-state index in [-0.39, 0.29) is 29.1 Å². The molecule has 0 spiro atoms. The minimum Gasteiger partial charge on any atom is -0.370 e. The third kappa shape index (κ3) is 7.40. The lowest BCUT2D eigenvalue weighted by Gasteiger charge is -2.34. The Kier molecular flexibility index (Phi) is 9.26. The summed E-state index contributed by atoms with van der Waals surface area (Å²) in [6, 6.07) is 14.2. The van der Waals surface area contributed by atoms with Gasteiger partial charge >= 0.3 is 5.69 Å². The van der Waals surface area contributed by atoms with Gasteiger partial charge in [0.1, 0.15) is 5.65 Å². The summed E-state index contributed by atoms with van der Waals surface area (Å²) in [6.07, 6.45) is 10.8. The van der Waals surface area contributed by atoms with Crippen LogP contribution in [-0.2, 0) is 6.42 Å². The first-order valence-electron chi connectivity index (χ1n) is 16.0. The van der Waals surface area contributed by atoms with Crippen molar-refractivity contribution >= 4 is 28.6 Å². The summed E-state index contributed by atoms with van der Waals surface area (Å²) in [5.74, 6) is 0.137. The largest absolute Gasteiger partial charge is 0.370 e. The van der Waals surface area contributed by atoms with Crippen LogP contribution < -0.4 is 27.8 Å². The van der Waals surface area contributed by atoms with E-state index < -0.39 is 11.5 Å². The molecular formula is C34H42ClFN8O. The van der Waals surface area contributed by atoms with Gasteiger partial charge in [-0.05, 0) is 106 Å². The number of piperidine rings is 1. The number of aromatic nitrogens is 3. The normalized spacial score (nSPS) is 19.8. The number of hydrogen-bond acceptors (Lipinski definition) is 5. The van der Waals surface area contributed by atoms with Crippen LogP contribution in [0, 0.1) is 17.1 Å². The zero-order valence-electron chi connectivity index (χ0n) is 25.6. The molecule has 2 aromatic heterocycles. The van der Waals surface area contributed by atoms with E-state index >= 15 is 4.39 Å². The Morgan fingerprint density at radius 1 is 1.20 bits per heavy atom. The Bertz CT molecular complexity index is 1730. The second-order valence-electron chi connectivity index (χ2n) is 12.9. The van der Waals surface area contributed by atoms with E-state index in [2.05, 4.69) is 32.7 Å². The smallest absolute Gasteiger partial charge is 0.354 e. The van der Waals surface area contributed by atoms with Gasteiger partial charge in [0, 0.05) is 41.3 Å². The second kappa shape index (κ2) is 13.3. The molecule has 2 aromatic carbocycles. The molecule has 3 heterocycles. The quantitative estimate of drug-likeness (QED) is 0.0925. The highest BCUT2D eigenvalue weighted by atomic mass is 35.5. The van der Waals surface area contributed by atoms with Gasteiger partial charge in [-0.2, -0.15) is 4.98 Å². The van der Waals surface area contributed by atoms with E-state index in [4.69, 9.17) is 28.5 Å². The van der Waals surface area contributed by atoms with Crippen molar-refractivity contribution in [2.75, 3.05) is 0 Å². The minimum atomic E-state index is -0.512. The van der Waals surface area contributed by atoms with Gasteiger partial charge in [-0.25, -0.2) is 9.18 Å². The third-order valence-electron chi connectivity index (χ3n) is 9.14. The van der Waals surface area contributed by atoms with Crippen molar-refractivity contribution in [3.05, 3.63) is 81.1 Å². The van der Waals surface area contributed by atoms with Crippen LogP contribution in [0.5, 0.6) is 0 Å². The van der Waals surface area contributed by atoms with Crippen LogP contribution in [0.15, 0.2) is 53.5 Å². The van der Waals surface area contributed by atoms with Crippen molar-refractivity contribution in [2.45, 2.75) is 88.9 Å². The number of guanidine groups is 1. The van der Waals surface area contributed by atoms with Crippen LogP contribution in [-0.4, -0.2) is 38.6 Å². The average Bonchev–Trinajstić information content (AvgIpc) is 3.78. The molecule has 0 radical (unpaired) electrons. The van der Waals surface area contributed by atoms with E-state index in [1.165, 1.54) is 23.0 Å². The Morgan fingerprint density at radius 2 is 1.98 bits per heavy atom. The Balaban J connectivity index is 1.19.